The van der Waals surface area contributed by atoms with Crippen molar-refractivity contribution in [2.45, 2.75) is 30.2 Å². The number of pyridine rings is 1. The van der Waals surface area contributed by atoms with E-state index in [4.69, 9.17) is 0 Å². The lowest BCUT2D eigenvalue weighted by atomic mass is 10.2. The minimum atomic E-state index is -4.40. The fraction of sp³-hybridized carbons (Fsp3) is 0.333. The third-order valence-electron chi connectivity index (χ3n) is 3.30. The Balaban J connectivity index is 1.84. The van der Waals surface area contributed by atoms with Gasteiger partial charge in [0.25, 0.3) is 5.91 Å². The van der Waals surface area contributed by atoms with E-state index in [-0.39, 0.29) is 5.91 Å². The molecule has 1 heterocycles. The van der Waals surface area contributed by atoms with Crippen LogP contribution in [0.15, 0.2) is 47.5 Å². The van der Waals surface area contributed by atoms with E-state index in [9.17, 15) is 18.0 Å². The average Bonchev–Trinajstić information content (AvgIpc) is 2.58. The fourth-order valence-corrected chi connectivity index (χ4v) is 3.09. The summed E-state index contributed by atoms with van der Waals surface area (Å²) < 4.78 is 37.4. The van der Waals surface area contributed by atoms with E-state index >= 15 is 0 Å². The summed E-state index contributed by atoms with van der Waals surface area (Å²) >= 11 is 1.61. The van der Waals surface area contributed by atoms with E-state index in [1.807, 2.05) is 18.2 Å². The Morgan fingerprint density at radius 3 is 2.50 bits per heavy atom. The van der Waals surface area contributed by atoms with Crippen LogP contribution in [0.5, 0.6) is 0 Å². The second kappa shape index (κ2) is 8.93. The molecule has 0 saturated heterocycles. The van der Waals surface area contributed by atoms with Crippen LogP contribution in [-0.2, 0) is 6.18 Å². The first-order valence-electron chi connectivity index (χ1n) is 8.08. The van der Waals surface area contributed by atoms with Crippen LogP contribution in [0, 0.1) is 0 Å². The Morgan fingerprint density at radius 1 is 1.15 bits per heavy atom. The van der Waals surface area contributed by atoms with E-state index in [0.29, 0.717) is 29.7 Å². The molecule has 1 amide bonds. The zero-order valence-electron chi connectivity index (χ0n) is 14.4. The molecule has 1 aromatic carbocycles. The number of alkyl halides is 3. The van der Waals surface area contributed by atoms with Crippen LogP contribution in [0.4, 0.5) is 19.0 Å². The Morgan fingerprint density at radius 2 is 1.88 bits per heavy atom. The van der Waals surface area contributed by atoms with Gasteiger partial charge in [0, 0.05) is 29.4 Å². The van der Waals surface area contributed by atoms with Crippen molar-refractivity contribution in [3.63, 3.8) is 0 Å². The first-order valence-corrected chi connectivity index (χ1v) is 8.96. The highest BCUT2D eigenvalue weighted by molar-refractivity contribution is 8.00. The van der Waals surface area contributed by atoms with Gasteiger partial charge in [0.05, 0.1) is 11.1 Å². The summed E-state index contributed by atoms with van der Waals surface area (Å²) in [6.07, 6.45) is -3.62. The summed E-state index contributed by atoms with van der Waals surface area (Å²) in [6.45, 7) is 4.78. The number of thioether (sulfide) groups is 1. The van der Waals surface area contributed by atoms with Crippen molar-refractivity contribution in [2.24, 2.45) is 0 Å². The van der Waals surface area contributed by atoms with Gasteiger partial charge in [-0.25, -0.2) is 4.98 Å². The quantitative estimate of drug-likeness (QED) is 0.548. The highest BCUT2D eigenvalue weighted by Gasteiger charge is 2.30. The number of benzene rings is 1. The topological polar surface area (TPSA) is 54.0 Å². The first kappa shape index (κ1) is 20.1. The molecule has 4 nitrogen and oxygen atoms in total. The molecule has 0 aliphatic carbocycles. The number of hydrogen-bond acceptors (Lipinski definition) is 4. The van der Waals surface area contributed by atoms with Crippen LogP contribution < -0.4 is 10.6 Å². The molecule has 8 heteroatoms. The van der Waals surface area contributed by atoms with Crippen molar-refractivity contribution < 1.29 is 18.0 Å². The van der Waals surface area contributed by atoms with Crippen LogP contribution >= 0.6 is 11.8 Å². The van der Waals surface area contributed by atoms with E-state index in [2.05, 4.69) is 29.5 Å². The number of rotatable bonds is 7. The number of halogens is 3. The van der Waals surface area contributed by atoms with Crippen molar-refractivity contribution in [1.82, 2.24) is 10.3 Å². The molecule has 140 valence electrons. The highest BCUT2D eigenvalue weighted by atomic mass is 32.2. The van der Waals surface area contributed by atoms with Gasteiger partial charge in [0.15, 0.2) is 0 Å². The van der Waals surface area contributed by atoms with Gasteiger partial charge in [-0.15, -0.1) is 11.8 Å². The molecule has 0 saturated carbocycles. The Bertz CT molecular complexity index is 733. The molecule has 0 aliphatic heterocycles. The highest BCUT2D eigenvalue weighted by Crippen LogP contribution is 2.29. The van der Waals surface area contributed by atoms with E-state index in [1.165, 1.54) is 6.07 Å². The summed E-state index contributed by atoms with van der Waals surface area (Å²) in [5.74, 6) is 0.138. The summed E-state index contributed by atoms with van der Waals surface area (Å²) in [4.78, 5) is 17.0. The number of amides is 1. The molecule has 0 fully saturated rings. The molecule has 0 unspecified atom stereocenters. The zero-order valence-corrected chi connectivity index (χ0v) is 15.2. The van der Waals surface area contributed by atoms with Crippen LogP contribution in [0.1, 0.15) is 29.8 Å². The summed E-state index contributed by atoms with van der Waals surface area (Å²) in [6, 6.07) is 9.60. The van der Waals surface area contributed by atoms with Crippen LogP contribution in [0.2, 0.25) is 0 Å². The van der Waals surface area contributed by atoms with Crippen LogP contribution in [-0.4, -0.2) is 29.2 Å². The van der Waals surface area contributed by atoms with Crippen molar-refractivity contribution >= 4 is 23.5 Å². The maximum absolute atomic E-state index is 12.5. The lowest BCUT2D eigenvalue weighted by molar-refractivity contribution is -0.137. The monoisotopic (exact) mass is 383 g/mol. The first-order chi connectivity index (χ1) is 12.3. The van der Waals surface area contributed by atoms with E-state index in [1.54, 1.807) is 17.8 Å². The largest absolute Gasteiger partial charge is 0.417 e. The van der Waals surface area contributed by atoms with Crippen LogP contribution in [0.25, 0.3) is 0 Å². The molecule has 0 aliphatic rings. The normalized spacial score (nSPS) is 11.5. The molecule has 2 N–H and O–H groups in total. The SMILES string of the molecule is CC(C)Sc1ccccc1C(=O)NCCNc1ccc(C(F)(F)F)cn1. The summed E-state index contributed by atoms with van der Waals surface area (Å²) in [7, 11) is 0. The van der Waals surface area contributed by atoms with Gasteiger partial charge in [-0.3, -0.25) is 4.79 Å². The fourth-order valence-electron chi connectivity index (χ4n) is 2.14. The van der Waals surface area contributed by atoms with Gasteiger partial charge < -0.3 is 10.6 Å². The second-order valence-corrected chi connectivity index (χ2v) is 7.39. The third kappa shape index (κ3) is 5.94. The molecule has 2 aromatic rings. The van der Waals surface area contributed by atoms with E-state index in [0.717, 1.165) is 17.2 Å². The van der Waals surface area contributed by atoms with Crippen molar-refractivity contribution in [2.75, 3.05) is 18.4 Å². The maximum Gasteiger partial charge on any atom is 0.417 e. The zero-order chi connectivity index (χ0) is 19.2. The Labute approximate surface area is 154 Å². The van der Waals surface area contributed by atoms with Gasteiger partial charge in [-0.1, -0.05) is 26.0 Å². The molecule has 0 atom stereocenters. The number of nitrogens with zero attached hydrogens (tertiary/aromatic N) is 1. The van der Waals surface area contributed by atoms with Gasteiger partial charge in [0.1, 0.15) is 5.82 Å². The summed E-state index contributed by atoms with van der Waals surface area (Å²) in [5.41, 5.74) is -0.186. The minimum Gasteiger partial charge on any atom is -0.368 e. The average molecular weight is 383 g/mol. The molecular formula is C18H20F3N3OS. The number of anilines is 1. The smallest absolute Gasteiger partial charge is 0.368 e. The van der Waals surface area contributed by atoms with Crippen molar-refractivity contribution in [1.29, 1.82) is 0 Å². The molecule has 2 rings (SSSR count). The summed E-state index contributed by atoms with van der Waals surface area (Å²) in [5, 5.41) is 6.03. The van der Waals surface area contributed by atoms with Gasteiger partial charge in [-0.2, -0.15) is 13.2 Å². The third-order valence-corrected chi connectivity index (χ3v) is 4.38. The van der Waals surface area contributed by atoms with Crippen molar-refractivity contribution in [3.05, 3.63) is 53.7 Å². The van der Waals surface area contributed by atoms with E-state index < -0.39 is 11.7 Å². The number of nitrogens with one attached hydrogen (secondary N) is 2. The molecule has 26 heavy (non-hydrogen) atoms. The number of aromatic nitrogens is 1. The molecular weight excluding hydrogens is 363 g/mol. The van der Waals surface area contributed by atoms with Gasteiger partial charge in [0.2, 0.25) is 0 Å². The second-order valence-electron chi connectivity index (χ2n) is 5.78. The predicted octanol–water partition coefficient (Wildman–Crippen LogP) is 4.44. The lowest BCUT2D eigenvalue weighted by Crippen LogP contribution is -2.29. The molecule has 0 spiro atoms. The molecule has 0 bridgehead atoms. The molecule has 1 aromatic heterocycles. The standard InChI is InChI=1S/C18H20F3N3OS/c1-12(2)26-15-6-4-3-5-14(15)17(25)23-10-9-22-16-8-7-13(11-24-16)18(19,20)21/h3-8,11-12H,9-10H2,1-2H3,(H,22,24)(H,23,25). The maximum atomic E-state index is 12.5. The predicted molar refractivity (Wildman–Crippen MR) is 97.5 cm³/mol. The van der Waals surface area contributed by atoms with Gasteiger partial charge in [-0.05, 0) is 24.3 Å². The molecule has 0 radical (unpaired) electrons. The van der Waals surface area contributed by atoms with Gasteiger partial charge >= 0.3 is 6.18 Å². The number of hydrogen-bond donors (Lipinski definition) is 2. The number of carbonyl (C=O) groups is 1. The Hall–Kier alpha value is -2.22. The Kier molecular flexibility index (Phi) is 6.90. The van der Waals surface area contributed by atoms with Crippen LogP contribution in [0.3, 0.4) is 0 Å². The van der Waals surface area contributed by atoms with Crippen molar-refractivity contribution in [3.8, 4) is 0 Å². The minimum absolute atomic E-state index is 0.184. The lowest BCUT2D eigenvalue weighted by Gasteiger charge is -2.12. The number of carbonyl (C=O) groups excluding carboxylic acids is 1.